The zero-order chi connectivity index (χ0) is 18.6. The third-order valence-corrected chi connectivity index (χ3v) is 3.70. The van der Waals surface area contributed by atoms with Crippen LogP contribution in [0, 0.1) is 0 Å². The molecule has 2 aromatic carbocycles. The first-order chi connectivity index (χ1) is 11.7. The Labute approximate surface area is 144 Å². The molecule has 0 spiro atoms. The van der Waals surface area contributed by atoms with Gasteiger partial charge in [-0.3, -0.25) is 4.79 Å². The normalized spacial score (nSPS) is 12.8. The number of carbonyl (C=O) groups excluding carboxylic acids is 1. The van der Waals surface area contributed by atoms with Crippen molar-refractivity contribution >= 4 is 11.6 Å². The third kappa shape index (κ3) is 4.75. The summed E-state index contributed by atoms with van der Waals surface area (Å²) in [5.41, 5.74) is -0.247. The number of hydrogen-bond donors (Lipinski definition) is 1. The number of para-hydroxylation sites is 2. The number of alkyl halides is 3. The van der Waals surface area contributed by atoms with Crippen LogP contribution in [0.2, 0.25) is 0 Å². The predicted octanol–water partition coefficient (Wildman–Crippen LogP) is 5.23. The van der Waals surface area contributed by atoms with Crippen LogP contribution in [-0.2, 0) is 11.0 Å². The topological polar surface area (TPSA) is 38.3 Å². The molecule has 0 aliphatic heterocycles. The van der Waals surface area contributed by atoms with Crippen molar-refractivity contribution in [3.05, 3.63) is 59.7 Å². The van der Waals surface area contributed by atoms with Gasteiger partial charge in [-0.2, -0.15) is 13.2 Å². The van der Waals surface area contributed by atoms with Gasteiger partial charge in [0.05, 0.1) is 11.3 Å². The molecule has 0 saturated carbocycles. The van der Waals surface area contributed by atoms with Gasteiger partial charge >= 0.3 is 6.18 Å². The summed E-state index contributed by atoms with van der Waals surface area (Å²) in [4.78, 5) is 12.3. The first-order valence-electron chi connectivity index (χ1n) is 7.92. The lowest BCUT2D eigenvalue weighted by Crippen LogP contribution is -2.31. The Kier molecular flexibility index (Phi) is 5.72. The molecule has 1 N–H and O–H groups in total. The second kappa shape index (κ2) is 7.59. The molecule has 0 unspecified atom stereocenters. The minimum Gasteiger partial charge on any atom is -0.481 e. The van der Waals surface area contributed by atoms with Crippen LogP contribution in [-0.4, -0.2) is 12.0 Å². The van der Waals surface area contributed by atoms with Gasteiger partial charge in [0.2, 0.25) is 0 Å². The summed E-state index contributed by atoms with van der Waals surface area (Å²) in [6.45, 7) is 5.49. The van der Waals surface area contributed by atoms with Crippen molar-refractivity contribution in [1.82, 2.24) is 0 Å². The summed E-state index contributed by atoms with van der Waals surface area (Å²) in [6, 6.07) is 12.1. The van der Waals surface area contributed by atoms with Crippen LogP contribution in [0.5, 0.6) is 5.75 Å². The van der Waals surface area contributed by atoms with Crippen LogP contribution in [0.3, 0.4) is 0 Å². The Morgan fingerprint density at radius 1 is 1.00 bits per heavy atom. The zero-order valence-corrected chi connectivity index (χ0v) is 14.2. The molecule has 0 heterocycles. The summed E-state index contributed by atoms with van der Waals surface area (Å²) in [5.74, 6) is 0.0944. The highest BCUT2D eigenvalue weighted by Crippen LogP contribution is 2.34. The Hall–Kier alpha value is -2.50. The van der Waals surface area contributed by atoms with E-state index in [0.29, 0.717) is 5.75 Å². The standard InChI is InChI=1S/C19H20F3NO2/c1-12(2)14-8-4-7-11-17(14)25-13(3)18(24)23-16-10-6-5-9-15(16)19(20,21)22/h4-13H,1-3H3,(H,23,24)/t13-/m0/s1. The molecule has 2 aromatic rings. The van der Waals surface area contributed by atoms with Gasteiger partial charge in [-0.05, 0) is 36.6 Å². The Balaban J connectivity index is 2.15. The Morgan fingerprint density at radius 3 is 2.24 bits per heavy atom. The van der Waals surface area contributed by atoms with E-state index in [0.717, 1.165) is 11.6 Å². The maximum absolute atomic E-state index is 13.0. The lowest BCUT2D eigenvalue weighted by atomic mass is 10.0. The van der Waals surface area contributed by atoms with Crippen LogP contribution in [0.4, 0.5) is 18.9 Å². The first kappa shape index (κ1) is 18.8. The van der Waals surface area contributed by atoms with Crippen molar-refractivity contribution < 1.29 is 22.7 Å². The fourth-order valence-electron chi connectivity index (χ4n) is 2.38. The van der Waals surface area contributed by atoms with E-state index in [1.54, 1.807) is 12.1 Å². The van der Waals surface area contributed by atoms with Gasteiger partial charge < -0.3 is 10.1 Å². The van der Waals surface area contributed by atoms with Crippen molar-refractivity contribution in [1.29, 1.82) is 0 Å². The van der Waals surface area contributed by atoms with Crippen LogP contribution < -0.4 is 10.1 Å². The monoisotopic (exact) mass is 351 g/mol. The van der Waals surface area contributed by atoms with E-state index >= 15 is 0 Å². The third-order valence-electron chi connectivity index (χ3n) is 3.70. The first-order valence-corrected chi connectivity index (χ1v) is 7.92. The highest BCUT2D eigenvalue weighted by molar-refractivity contribution is 5.94. The molecule has 0 bridgehead atoms. The Morgan fingerprint density at radius 2 is 1.60 bits per heavy atom. The minimum atomic E-state index is -4.54. The van der Waals surface area contributed by atoms with E-state index in [9.17, 15) is 18.0 Å². The van der Waals surface area contributed by atoms with Crippen molar-refractivity contribution in [2.75, 3.05) is 5.32 Å². The summed E-state index contributed by atoms with van der Waals surface area (Å²) < 4.78 is 44.7. The van der Waals surface area contributed by atoms with E-state index in [1.807, 2.05) is 26.0 Å². The fraction of sp³-hybridized carbons (Fsp3) is 0.316. The number of nitrogens with one attached hydrogen (secondary N) is 1. The number of carbonyl (C=O) groups is 1. The van der Waals surface area contributed by atoms with E-state index < -0.39 is 23.8 Å². The van der Waals surface area contributed by atoms with Crippen LogP contribution in [0.1, 0.15) is 37.8 Å². The molecule has 2 rings (SSSR count). The summed E-state index contributed by atoms with van der Waals surface area (Å²) in [7, 11) is 0. The van der Waals surface area contributed by atoms with E-state index in [4.69, 9.17) is 4.74 Å². The number of anilines is 1. The highest BCUT2D eigenvalue weighted by Gasteiger charge is 2.34. The molecule has 1 amide bonds. The predicted molar refractivity (Wildman–Crippen MR) is 90.7 cm³/mol. The molecule has 6 heteroatoms. The quantitative estimate of drug-likeness (QED) is 0.800. The molecular formula is C19H20F3NO2. The number of halogens is 3. The molecule has 0 saturated heterocycles. The van der Waals surface area contributed by atoms with E-state index in [1.165, 1.54) is 25.1 Å². The smallest absolute Gasteiger partial charge is 0.418 e. The molecule has 25 heavy (non-hydrogen) atoms. The molecule has 0 aliphatic rings. The van der Waals surface area contributed by atoms with Crippen molar-refractivity contribution in [2.45, 2.75) is 39.0 Å². The maximum Gasteiger partial charge on any atom is 0.418 e. The molecule has 3 nitrogen and oxygen atoms in total. The van der Waals surface area contributed by atoms with Gasteiger partial charge in [-0.15, -0.1) is 0 Å². The minimum absolute atomic E-state index is 0.192. The van der Waals surface area contributed by atoms with Gasteiger partial charge in [0.1, 0.15) is 5.75 Å². The SMILES string of the molecule is CC(C)c1ccccc1O[C@@H](C)C(=O)Nc1ccccc1C(F)(F)F. The molecule has 1 atom stereocenters. The van der Waals surface area contributed by atoms with Crippen molar-refractivity contribution in [3.8, 4) is 5.75 Å². The average Bonchev–Trinajstić information content (AvgIpc) is 2.54. The molecule has 134 valence electrons. The average molecular weight is 351 g/mol. The summed E-state index contributed by atoms with van der Waals surface area (Å²) in [5, 5.41) is 2.30. The Bertz CT molecular complexity index is 741. The number of benzene rings is 2. The fourth-order valence-corrected chi connectivity index (χ4v) is 2.38. The van der Waals surface area contributed by atoms with Crippen molar-refractivity contribution in [2.24, 2.45) is 0 Å². The van der Waals surface area contributed by atoms with Crippen molar-refractivity contribution in [3.63, 3.8) is 0 Å². The summed E-state index contributed by atoms with van der Waals surface area (Å²) in [6.07, 6.45) is -5.49. The number of hydrogen-bond acceptors (Lipinski definition) is 2. The molecule has 0 aromatic heterocycles. The lowest BCUT2D eigenvalue weighted by molar-refractivity contribution is -0.137. The number of rotatable bonds is 5. The zero-order valence-electron chi connectivity index (χ0n) is 14.2. The van der Waals surface area contributed by atoms with Gasteiger partial charge in [0.25, 0.3) is 5.91 Å². The second-order valence-corrected chi connectivity index (χ2v) is 5.99. The van der Waals surface area contributed by atoms with Crippen LogP contribution >= 0.6 is 0 Å². The molecule has 0 fully saturated rings. The molecule has 0 radical (unpaired) electrons. The molecular weight excluding hydrogens is 331 g/mol. The van der Waals surface area contributed by atoms with E-state index in [2.05, 4.69) is 5.32 Å². The maximum atomic E-state index is 13.0. The van der Waals surface area contributed by atoms with Gasteiger partial charge in [-0.1, -0.05) is 44.2 Å². The van der Waals surface area contributed by atoms with Gasteiger partial charge in [-0.25, -0.2) is 0 Å². The molecule has 0 aliphatic carbocycles. The number of amides is 1. The van der Waals surface area contributed by atoms with E-state index in [-0.39, 0.29) is 11.6 Å². The summed E-state index contributed by atoms with van der Waals surface area (Å²) >= 11 is 0. The second-order valence-electron chi connectivity index (χ2n) is 5.99. The lowest BCUT2D eigenvalue weighted by Gasteiger charge is -2.20. The largest absolute Gasteiger partial charge is 0.481 e. The van der Waals surface area contributed by atoms with Crippen LogP contribution in [0.25, 0.3) is 0 Å². The number of ether oxygens (including phenoxy) is 1. The van der Waals surface area contributed by atoms with Gasteiger partial charge in [0.15, 0.2) is 6.10 Å². The highest BCUT2D eigenvalue weighted by atomic mass is 19.4. The van der Waals surface area contributed by atoms with Gasteiger partial charge in [0, 0.05) is 0 Å². The van der Waals surface area contributed by atoms with Crippen LogP contribution in [0.15, 0.2) is 48.5 Å².